The minimum atomic E-state index is 0.402. The zero-order valence-corrected chi connectivity index (χ0v) is 14.1. The van der Waals surface area contributed by atoms with Crippen molar-refractivity contribution < 1.29 is 4.74 Å². The van der Waals surface area contributed by atoms with Crippen LogP contribution in [-0.2, 0) is 6.54 Å². The van der Waals surface area contributed by atoms with Crippen LogP contribution >= 0.6 is 0 Å². The standard InChI is InChI=1S/C19H31NO/c1-14(2)12-20-13-17-9-6-8-16(4)19(17)21-18-10-5-7-15(3)11-18/h6,8-9,14-15,18,20H,5,7,10-13H2,1-4H3. The third-order valence-electron chi connectivity index (χ3n) is 4.33. The van der Waals surface area contributed by atoms with Gasteiger partial charge in [0.2, 0.25) is 0 Å². The molecule has 1 aliphatic rings. The third-order valence-corrected chi connectivity index (χ3v) is 4.33. The van der Waals surface area contributed by atoms with E-state index in [1.54, 1.807) is 0 Å². The van der Waals surface area contributed by atoms with Crippen LogP contribution in [0.25, 0.3) is 0 Å². The van der Waals surface area contributed by atoms with Gasteiger partial charge in [-0.25, -0.2) is 0 Å². The summed E-state index contributed by atoms with van der Waals surface area (Å²) in [7, 11) is 0. The molecular weight excluding hydrogens is 258 g/mol. The first-order valence-corrected chi connectivity index (χ1v) is 8.52. The number of nitrogens with one attached hydrogen (secondary N) is 1. The van der Waals surface area contributed by atoms with Gasteiger partial charge in [0.15, 0.2) is 0 Å². The zero-order valence-electron chi connectivity index (χ0n) is 14.1. The smallest absolute Gasteiger partial charge is 0.127 e. The maximum atomic E-state index is 6.41. The summed E-state index contributed by atoms with van der Waals surface area (Å²) < 4.78 is 6.41. The molecule has 2 atom stereocenters. The molecule has 0 bridgehead atoms. The fourth-order valence-electron chi connectivity index (χ4n) is 3.17. The maximum Gasteiger partial charge on any atom is 0.127 e. The topological polar surface area (TPSA) is 21.3 Å². The highest BCUT2D eigenvalue weighted by molar-refractivity contribution is 5.41. The van der Waals surface area contributed by atoms with Crippen LogP contribution < -0.4 is 10.1 Å². The van der Waals surface area contributed by atoms with Crippen molar-refractivity contribution in [2.75, 3.05) is 6.54 Å². The third kappa shape index (κ3) is 5.03. The minimum absolute atomic E-state index is 0.402. The molecule has 1 fully saturated rings. The first kappa shape index (κ1) is 16.4. The fraction of sp³-hybridized carbons (Fsp3) is 0.684. The van der Waals surface area contributed by atoms with Crippen molar-refractivity contribution in [2.24, 2.45) is 11.8 Å². The highest BCUT2D eigenvalue weighted by Crippen LogP contribution is 2.31. The van der Waals surface area contributed by atoms with E-state index in [4.69, 9.17) is 4.74 Å². The summed E-state index contributed by atoms with van der Waals surface area (Å²) >= 11 is 0. The zero-order chi connectivity index (χ0) is 15.2. The van der Waals surface area contributed by atoms with Crippen molar-refractivity contribution in [3.05, 3.63) is 29.3 Å². The second-order valence-corrected chi connectivity index (χ2v) is 7.10. The van der Waals surface area contributed by atoms with Crippen molar-refractivity contribution in [1.29, 1.82) is 0 Å². The van der Waals surface area contributed by atoms with Gasteiger partial charge in [0.05, 0.1) is 6.10 Å². The molecule has 1 aliphatic carbocycles. The second-order valence-electron chi connectivity index (χ2n) is 7.10. The van der Waals surface area contributed by atoms with Crippen LogP contribution in [0, 0.1) is 18.8 Å². The lowest BCUT2D eigenvalue weighted by molar-refractivity contribution is 0.127. The predicted molar refractivity (Wildman–Crippen MR) is 89.8 cm³/mol. The largest absolute Gasteiger partial charge is 0.490 e. The monoisotopic (exact) mass is 289 g/mol. The highest BCUT2D eigenvalue weighted by Gasteiger charge is 2.21. The Morgan fingerprint density at radius 2 is 2.10 bits per heavy atom. The molecule has 0 amide bonds. The van der Waals surface area contributed by atoms with E-state index in [9.17, 15) is 0 Å². The second kappa shape index (κ2) is 7.84. The Labute approximate surface area is 130 Å². The summed E-state index contributed by atoms with van der Waals surface area (Å²) in [6, 6.07) is 6.49. The van der Waals surface area contributed by atoms with E-state index in [2.05, 4.69) is 51.2 Å². The molecule has 1 aromatic rings. The van der Waals surface area contributed by atoms with E-state index in [1.165, 1.54) is 36.8 Å². The predicted octanol–water partition coefficient (Wildman–Crippen LogP) is 4.70. The molecule has 2 unspecified atom stereocenters. The molecule has 118 valence electrons. The van der Waals surface area contributed by atoms with Crippen molar-refractivity contribution >= 4 is 0 Å². The van der Waals surface area contributed by atoms with Gasteiger partial charge in [0, 0.05) is 12.1 Å². The van der Waals surface area contributed by atoms with E-state index in [-0.39, 0.29) is 0 Å². The molecule has 0 saturated heterocycles. The van der Waals surface area contributed by atoms with Crippen molar-refractivity contribution in [2.45, 2.75) is 66.0 Å². The van der Waals surface area contributed by atoms with Gasteiger partial charge in [-0.2, -0.15) is 0 Å². The first-order valence-electron chi connectivity index (χ1n) is 8.52. The van der Waals surface area contributed by atoms with Crippen LogP contribution in [0.1, 0.15) is 57.6 Å². The van der Waals surface area contributed by atoms with E-state index in [0.29, 0.717) is 12.0 Å². The van der Waals surface area contributed by atoms with E-state index >= 15 is 0 Å². The molecule has 0 heterocycles. The summed E-state index contributed by atoms with van der Waals surface area (Å²) in [5, 5.41) is 3.53. The molecule has 21 heavy (non-hydrogen) atoms. The summed E-state index contributed by atoms with van der Waals surface area (Å²) in [5.41, 5.74) is 2.56. The molecule has 1 N–H and O–H groups in total. The van der Waals surface area contributed by atoms with E-state index < -0.39 is 0 Å². The number of rotatable bonds is 6. The van der Waals surface area contributed by atoms with Crippen LogP contribution in [0.3, 0.4) is 0 Å². The van der Waals surface area contributed by atoms with Crippen molar-refractivity contribution in [3.63, 3.8) is 0 Å². The van der Waals surface area contributed by atoms with Crippen LogP contribution in [0.5, 0.6) is 5.75 Å². The molecule has 2 rings (SSSR count). The van der Waals surface area contributed by atoms with Gasteiger partial charge >= 0.3 is 0 Å². The molecule has 2 heteroatoms. The number of hydrogen-bond acceptors (Lipinski definition) is 2. The number of hydrogen-bond donors (Lipinski definition) is 1. The maximum absolute atomic E-state index is 6.41. The molecule has 0 aromatic heterocycles. The summed E-state index contributed by atoms with van der Waals surface area (Å²) in [5.74, 6) is 2.60. The van der Waals surface area contributed by atoms with Gasteiger partial charge in [-0.1, -0.05) is 45.4 Å². The van der Waals surface area contributed by atoms with Gasteiger partial charge in [-0.3, -0.25) is 0 Å². The molecular formula is C19H31NO. The van der Waals surface area contributed by atoms with Gasteiger partial charge in [0.25, 0.3) is 0 Å². The van der Waals surface area contributed by atoms with Crippen LogP contribution in [-0.4, -0.2) is 12.6 Å². The van der Waals surface area contributed by atoms with E-state index in [0.717, 1.165) is 24.8 Å². The fourth-order valence-corrected chi connectivity index (χ4v) is 3.17. The Hall–Kier alpha value is -1.02. The number of benzene rings is 1. The lowest BCUT2D eigenvalue weighted by Crippen LogP contribution is -2.25. The number of para-hydroxylation sites is 1. The molecule has 1 saturated carbocycles. The van der Waals surface area contributed by atoms with Crippen molar-refractivity contribution in [3.8, 4) is 5.75 Å². The van der Waals surface area contributed by atoms with Crippen LogP contribution in [0.2, 0.25) is 0 Å². The Kier molecular flexibility index (Phi) is 6.10. The Balaban J connectivity index is 2.02. The van der Waals surface area contributed by atoms with Gasteiger partial charge < -0.3 is 10.1 Å². The molecule has 0 spiro atoms. The lowest BCUT2D eigenvalue weighted by Gasteiger charge is -2.29. The summed E-state index contributed by atoms with van der Waals surface area (Å²) in [4.78, 5) is 0. The molecule has 2 nitrogen and oxygen atoms in total. The number of aryl methyl sites for hydroxylation is 1. The summed E-state index contributed by atoms with van der Waals surface area (Å²) in [6.45, 7) is 10.9. The van der Waals surface area contributed by atoms with Gasteiger partial charge in [-0.15, -0.1) is 0 Å². The van der Waals surface area contributed by atoms with Gasteiger partial charge in [0.1, 0.15) is 5.75 Å². The Bertz CT molecular complexity index is 441. The lowest BCUT2D eigenvalue weighted by atomic mass is 9.88. The van der Waals surface area contributed by atoms with Gasteiger partial charge in [-0.05, 0) is 50.1 Å². The average molecular weight is 289 g/mol. The Morgan fingerprint density at radius 1 is 1.29 bits per heavy atom. The molecule has 0 aliphatic heterocycles. The minimum Gasteiger partial charge on any atom is -0.490 e. The SMILES string of the molecule is Cc1cccc(CNCC(C)C)c1OC1CCCC(C)C1. The van der Waals surface area contributed by atoms with Crippen LogP contribution in [0.15, 0.2) is 18.2 Å². The van der Waals surface area contributed by atoms with E-state index in [1.807, 2.05) is 0 Å². The molecule has 0 radical (unpaired) electrons. The number of ether oxygens (including phenoxy) is 1. The quantitative estimate of drug-likeness (QED) is 0.819. The summed E-state index contributed by atoms with van der Waals surface area (Å²) in [6.07, 6.45) is 5.47. The van der Waals surface area contributed by atoms with Crippen molar-refractivity contribution in [1.82, 2.24) is 5.32 Å². The highest BCUT2D eigenvalue weighted by atomic mass is 16.5. The normalized spacial score (nSPS) is 22.5. The van der Waals surface area contributed by atoms with Crippen LogP contribution in [0.4, 0.5) is 0 Å². The first-order chi connectivity index (χ1) is 10.1. The molecule has 1 aromatic carbocycles. The Morgan fingerprint density at radius 3 is 2.81 bits per heavy atom. The average Bonchev–Trinajstić information content (AvgIpc) is 2.42.